The highest BCUT2D eigenvalue weighted by molar-refractivity contribution is 5.81. The van der Waals surface area contributed by atoms with E-state index in [4.69, 9.17) is 20.4 Å². The molecular weight excluding hydrogens is 226 g/mol. The minimum absolute atomic E-state index is 0.0623. The quantitative estimate of drug-likeness (QED) is 0.297. The second-order valence-corrected chi connectivity index (χ2v) is 4.16. The van der Waals surface area contributed by atoms with Crippen LogP contribution in [0.25, 0.3) is 0 Å². The van der Waals surface area contributed by atoms with E-state index in [0.717, 1.165) is 0 Å². The molecule has 1 amide bonds. The fraction of sp³-hybridized carbons (Fsp3) is 0.900. The maximum Gasteiger partial charge on any atom is 0.253 e. The van der Waals surface area contributed by atoms with Crippen LogP contribution in [-0.2, 0) is 14.3 Å². The fourth-order valence-electron chi connectivity index (χ4n) is 1.96. The van der Waals surface area contributed by atoms with E-state index in [2.05, 4.69) is 5.43 Å². The summed E-state index contributed by atoms with van der Waals surface area (Å²) in [4.78, 5) is 13.6. The summed E-state index contributed by atoms with van der Waals surface area (Å²) in [7, 11) is 1.53. The Morgan fingerprint density at radius 3 is 3.00 bits per heavy atom. The Kier molecular flexibility index (Phi) is 5.79. The summed E-state index contributed by atoms with van der Waals surface area (Å²) < 4.78 is 10.5. The van der Waals surface area contributed by atoms with Gasteiger partial charge in [-0.15, -0.1) is 0 Å². The monoisotopic (exact) mass is 247 g/mol. The number of nitrogens with one attached hydrogen (secondary N) is 1. The highest BCUT2D eigenvalue weighted by Crippen LogP contribution is 2.15. The van der Waals surface area contributed by atoms with Crippen molar-refractivity contribution < 1.29 is 19.4 Å². The van der Waals surface area contributed by atoms with Gasteiger partial charge < -0.3 is 14.6 Å². The number of nitrogens with two attached hydrogens (primary N) is 1. The summed E-state index contributed by atoms with van der Waals surface area (Å²) in [6.07, 6.45) is -0.267. The molecule has 0 spiro atoms. The summed E-state index contributed by atoms with van der Waals surface area (Å²) in [5.41, 5.74) is 2.14. The number of aliphatic hydroxyl groups excluding tert-OH is 1. The molecule has 1 rings (SSSR count). The van der Waals surface area contributed by atoms with Gasteiger partial charge in [0.25, 0.3) is 5.91 Å². The minimum Gasteiger partial charge on any atom is -0.394 e. The lowest BCUT2D eigenvalue weighted by molar-refractivity contribution is -0.139. The van der Waals surface area contributed by atoms with Gasteiger partial charge in [0, 0.05) is 19.7 Å². The van der Waals surface area contributed by atoms with Crippen LogP contribution in [0.1, 0.15) is 6.92 Å². The van der Waals surface area contributed by atoms with E-state index >= 15 is 0 Å². The number of ether oxygens (including phenoxy) is 2. The van der Waals surface area contributed by atoms with Crippen molar-refractivity contribution >= 4 is 5.91 Å². The second-order valence-electron chi connectivity index (χ2n) is 4.16. The first kappa shape index (κ1) is 14.3. The zero-order valence-electron chi connectivity index (χ0n) is 10.3. The van der Waals surface area contributed by atoms with E-state index < -0.39 is 6.04 Å². The largest absolute Gasteiger partial charge is 0.394 e. The molecular formula is C10H21N3O4. The maximum absolute atomic E-state index is 11.7. The van der Waals surface area contributed by atoms with Crippen molar-refractivity contribution in [3.05, 3.63) is 0 Å². The normalized spacial score (nSPS) is 27.8. The zero-order chi connectivity index (χ0) is 12.8. The number of hydrogen-bond acceptors (Lipinski definition) is 6. The standard InChI is InChI=1S/C10H21N3O4/c1-7-5-17-8(4-14)3-13(7)9(6-16-2)10(15)12-11/h7-9,14H,3-6,11H2,1-2H3,(H,12,15). The first-order valence-electron chi connectivity index (χ1n) is 5.61. The Hall–Kier alpha value is -0.730. The molecule has 0 bridgehead atoms. The molecule has 100 valence electrons. The molecule has 0 aromatic rings. The Bertz CT molecular complexity index is 252. The number of nitrogens with zero attached hydrogens (tertiary/aromatic N) is 1. The number of hydrogen-bond donors (Lipinski definition) is 3. The lowest BCUT2D eigenvalue weighted by atomic mass is 10.1. The smallest absolute Gasteiger partial charge is 0.253 e. The number of hydrazine groups is 1. The van der Waals surface area contributed by atoms with Gasteiger partial charge in [-0.05, 0) is 6.92 Å². The number of rotatable bonds is 5. The van der Waals surface area contributed by atoms with Gasteiger partial charge in [-0.1, -0.05) is 0 Å². The van der Waals surface area contributed by atoms with Gasteiger partial charge in [0.05, 0.1) is 25.9 Å². The average Bonchev–Trinajstić information content (AvgIpc) is 2.36. The third kappa shape index (κ3) is 3.62. The van der Waals surface area contributed by atoms with Crippen molar-refractivity contribution in [1.29, 1.82) is 0 Å². The number of methoxy groups -OCH3 is 1. The van der Waals surface area contributed by atoms with Gasteiger partial charge in [-0.3, -0.25) is 15.1 Å². The van der Waals surface area contributed by atoms with Gasteiger partial charge in [0.2, 0.25) is 0 Å². The molecule has 0 radical (unpaired) electrons. The van der Waals surface area contributed by atoms with Crippen molar-refractivity contribution in [3.8, 4) is 0 Å². The Balaban J connectivity index is 2.72. The van der Waals surface area contributed by atoms with E-state index in [-0.39, 0.29) is 31.3 Å². The molecule has 0 aromatic heterocycles. The number of aliphatic hydroxyl groups is 1. The predicted molar refractivity (Wildman–Crippen MR) is 61.0 cm³/mol. The van der Waals surface area contributed by atoms with Crippen LogP contribution < -0.4 is 11.3 Å². The summed E-state index contributed by atoms with van der Waals surface area (Å²) in [5.74, 6) is 4.87. The minimum atomic E-state index is -0.460. The maximum atomic E-state index is 11.7. The molecule has 3 atom stereocenters. The summed E-state index contributed by atoms with van der Waals surface area (Å²) in [6, 6.07) is -0.381. The molecule has 0 saturated carbocycles. The van der Waals surface area contributed by atoms with E-state index in [1.54, 1.807) is 0 Å². The van der Waals surface area contributed by atoms with Crippen molar-refractivity contribution in [2.75, 3.05) is 33.5 Å². The van der Waals surface area contributed by atoms with Crippen molar-refractivity contribution in [2.24, 2.45) is 5.84 Å². The number of morpholine rings is 1. The molecule has 1 fully saturated rings. The van der Waals surface area contributed by atoms with Crippen LogP contribution in [-0.4, -0.2) is 67.6 Å². The van der Waals surface area contributed by atoms with Gasteiger partial charge in [-0.25, -0.2) is 5.84 Å². The van der Waals surface area contributed by atoms with Crippen LogP contribution in [0.15, 0.2) is 0 Å². The highest BCUT2D eigenvalue weighted by atomic mass is 16.5. The van der Waals surface area contributed by atoms with Crippen LogP contribution in [0.4, 0.5) is 0 Å². The third-order valence-electron chi connectivity index (χ3n) is 2.93. The zero-order valence-corrected chi connectivity index (χ0v) is 10.3. The fourth-order valence-corrected chi connectivity index (χ4v) is 1.96. The lowest BCUT2D eigenvalue weighted by Crippen LogP contribution is -2.60. The van der Waals surface area contributed by atoms with E-state index in [1.807, 2.05) is 11.8 Å². The molecule has 1 aliphatic heterocycles. The third-order valence-corrected chi connectivity index (χ3v) is 2.93. The number of amides is 1. The molecule has 4 N–H and O–H groups in total. The molecule has 7 nitrogen and oxygen atoms in total. The predicted octanol–water partition coefficient (Wildman–Crippen LogP) is -1.93. The summed E-state index contributed by atoms with van der Waals surface area (Å²) in [6.45, 7) is 3.11. The topological polar surface area (TPSA) is 97.0 Å². The number of carbonyl (C=O) groups excluding carboxylic acids is 1. The molecule has 1 saturated heterocycles. The molecule has 7 heteroatoms. The van der Waals surface area contributed by atoms with Crippen molar-refractivity contribution in [3.63, 3.8) is 0 Å². The molecule has 0 aromatic carbocycles. The van der Waals surface area contributed by atoms with E-state index in [9.17, 15) is 4.79 Å². The van der Waals surface area contributed by atoms with Gasteiger partial charge >= 0.3 is 0 Å². The molecule has 1 aliphatic rings. The van der Waals surface area contributed by atoms with Crippen molar-refractivity contribution in [2.45, 2.75) is 25.1 Å². The van der Waals surface area contributed by atoms with E-state index in [1.165, 1.54) is 7.11 Å². The second kappa shape index (κ2) is 6.87. The first-order chi connectivity index (χ1) is 8.13. The Morgan fingerprint density at radius 2 is 2.47 bits per heavy atom. The van der Waals surface area contributed by atoms with Gasteiger partial charge in [0.15, 0.2) is 0 Å². The Morgan fingerprint density at radius 1 is 1.76 bits per heavy atom. The Labute approximate surface area is 101 Å². The van der Waals surface area contributed by atoms with Crippen molar-refractivity contribution in [1.82, 2.24) is 10.3 Å². The number of carbonyl (C=O) groups is 1. The molecule has 17 heavy (non-hydrogen) atoms. The molecule has 3 unspecified atom stereocenters. The average molecular weight is 247 g/mol. The van der Waals surface area contributed by atoms with Crippen LogP contribution in [0.2, 0.25) is 0 Å². The van der Waals surface area contributed by atoms with Crippen LogP contribution in [0.5, 0.6) is 0 Å². The van der Waals surface area contributed by atoms with Gasteiger partial charge in [-0.2, -0.15) is 0 Å². The SMILES string of the molecule is COCC(C(=O)NN)N1CC(CO)OCC1C. The molecule has 0 aliphatic carbocycles. The summed E-state index contributed by atoms with van der Waals surface area (Å²) >= 11 is 0. The molecule has 1 heterocycles. The van der Waals surface area contributed by atoms with Crippen LogP contribution in [0, 0.1) is 0 Å². The van der Waals surface area contributed by atoms with Crippen LogP contribution >= 0.6 is 0 Å². The van der Waals surface area contributed by atoms with Gasteiger partial charge in [0.1, 0.15) is 6.04 Å². The van der Waals surface area contributed by atoms with Crippen LogP contribution in [0.3, 0.4) is 0 Å². The first-order valence-corrected chi connectivity index (χ1v) is 5.61. The summed E-state index contributed by atoms with van der Waals surface area (Å²) in [5, 5.41) is 9.09. The lowest BCUT2D eigenvalue weighted by Gasteiger charge is -2.41. The van der Waals surface area contributed by atoms with E-state index in [0.29, 0.717) is 13.2 Å². The highest BCUT2D eigenvalue weighted by Gasteiger charge is 2.34.